The number of halogens is 5. The minimum absolute atomic E-state index is 0.119. The Labute approximate surface area is 123 Å². The highest BCUT2D eigenvalue weighted by atomic mass is 35.5. The quantitative estimate of drug-likeness (QED) is 0.648. The molecular weight excluding hydrogens is 308 g/mol. The summed E-state index contributed by atoms with van der Waals surface area (Å²) in [7, 11) is 0. The molecule has 1 heterocycles. The van der Waals surface area contributed by atoms with E-state index >= 15 is 0 Å². The molecule has 0 fully saturated rings. The van der Waals surface area contributed by atoms with Crippen molar-refractivity contribution < 1.29 is 17.6 Å². The molecule has 0 aliphatic carbocycles. The zero-order valence-corrected chi connectivity index (χ0v) is 11.7. The van der Waals surface area contributed by atoms with Crippen LogP contribution in [0.5, 0.6) is 0 Å². The number of alkyl halides is 3. The molecule has 0 bridgehead atoms. The molecule has 2 aromatic rings. The maximum atomic E-state index is 13.2. The normalized spacial score (nSPS) is 11.5. The van der Waals surface area contributed by atoms with Crippen molar-refractivity contribution in [1.82, 2.24) is 4.98 Å². The van der Waals surface area contributed by atoms with Crippen molar-refractivity contribution in [2.75, 3.05) is 5.32 Å². The largest absolute Gasteiger partial charge is 0.419 e. The van der Waals surface area contributed by atoms with Gasteiger partial charge >= 0.3 is 6.18 Å². The molecule has 1 aromatic heterocycles. The zero-order chi connectivity index (χ0) is 15.6. The summed E-state index contributed by atoms with van der Waals surface area (Å²) in [6.45, 7) is 1.84. The number of pyridine rings is 1. The highest BCUT2D eigenvalue weighted by molar-refractivity contribution is 6.29. The smallest absolute Gasteiger partial charge is 0.380 e. The van der Waals surface area contributed by atoms with Gasteiger partial charge in [-0.05, 0) is 36.8 Å². The third-order valence-corrected chi connectivity index (χ3v) is 3.08. The second kappa shape index (κ2) is 5.89. The van der Waals surface area contributed by atoms with Gasteiger partial charge in [0.1, 0.15) is 11.0 Å². The monoisotopic (exact) mass is 318 g/mol. The van der Waals surface area contributed by atoms with Crippen LogP contribution in [0.2, 0.25) is 5.15 Å². The van der Waals surface area contributed by atoms with E-state index in [2.05, 4.69) is 10.3 Å². The summed E-state index contributed by atoms with van der Waals surface area (Å²) in [6.07, 6.45) is -4.71. The van der Waals surface area contributed by atoms with Crippen LogP contribution in [0.25, 0.3) is 0 Å². The third-order valence-electron chi connectivity index (χ3n) is 2.87. The topological polar surface area (TPSA) is 24.9 Å². The van der Waals surface area contributed by atoms with Crippen LogP contribution in [0.1, 0.15) is 16.8 Å². The van der Waals surface area contributed by atoms with E-state index in [4.69, 9.17) is 11.6 Å². The maximum absolute atomic E-state index is 13.2. The van der Waals surface area contributed by atoms with Crippen molar-refractivity contribution in [3.05, 3.63) is 58.1 Å². The molecule has 1 aromatic carbocycles. The minimum atomic E-state index is -4.71. The maximum Gasteiger partial charge on any atom is 0.419 e. The average Bonchev–Trinajstić information content (AvgIpc) is 2.38. The predicted molar refractivity (Wildman–Crippen MR) is 72.7 cm³/mol. The van der Waals surface area contributed by atoms with Gasteiger partial charge in [-0.15, -0.1) is 0 Å². The molecule has 0 saturated carbocycles. The van der Waals surface area contributed by atoms with Crippen molar-refractivity contribution in [2.45, 2.75) is 19.6 Å². The number of aromatic nitrogens is 1. The Morgan fingerprint density at radius 3 is 2.52 bits per heavy atom. The van der Waals surface area contributed by atoms with Crippen LogP contribution in [0.4, 0.5) is 23.2 Å². The predicted octanol–water partition coefficient (Wildman–Crippen LogP) is 4.81. The summed E-state index contributed by atoms with van der Waals surface area (Å²) in [4.78, 5) is 4.02. The van der Waals surface area contributed by atoms with E-state index in [1.807, 2.05) is 0 Å². The van der Waals surface area contributed by atoms with E-state index < -0.39 is 17.6 Å². The molecule has 112 valence electrons. The lowest BCUT2D eigenvalue weighted by Crippen LogP contribution is -2.10. The van der Waals surface area contributed by atoms with Crippen LogP contribution in [-0.2, 0) is 12.7 Å². The van der Waals surface area contributed by atoms with Crippen molar-refractivity contribution in [3.63, 3.8) is 0 Å². The fourth-order valence-corrected chi connectivity index (χ4v) is 2.00. The number of benzene rings is 1. The standard InChI is InChI=1S/C14H11ClF4N2/c1-8-12(4-5-13(15)21-8)20-7-9-2-3-11(16)10(6-9)14(17,18)19/h2-6,20H,7H2,1H3. The molecule has 0 aliphatic heterocycles. The van der Waals surface area contributed by atoms with Gasteiger partial charge in [0.25, 0.3) is 0 Å². The highest BCUT2D eigenvalue weighted by Crippen LogP contribution is 2.32. The molecule has 0 aliphatic rings. The van der Waals surface area contributed by atoms with E-state index in [0.717, 1.165) is 12.1 Å². The lowest BCUT2D eigenvalue weighted by molar-refractivity contribution is -0.140. The van der Waals surface area contributed by atoms with Gasteiger partial charge in [0, 0.05) is 6.54 Å². The SMILES string of the molecule is Cc1nc(Cl)ccc1NCc1ccc(F)c(C(F)(F)F)c1. The van der Waals surface area contributed by atoms with E-state index in [1.165, 1.54) is 6.07 Å². The van der Waals surface area contributed by atoms with Gasteiger partial charge in [0.05, 0.1) is 16.9 Å². The zero-order valence-electron chi connectivity index (χ0n) is 10.9. The van der Waals surface area contributed by atoms with Gasteiger partial charge in [0.2, 0.25) is 0 Å². The first kappa shape index (κ1) is 15.6. The molecule has 2 nitrogen and oxygen atoms in total. The van der Waals surface area contributed by atoms with Crippen LogP contribution >= 0.6 is 11.6 Å². The van der Waals surface area contributed by atoms with E-state index in [-0.39, 0.29) is 6.54 Å². The summed E-state index contributed by atoms with van der Waals surface area (Å²) >= 11 is 5.72. The average molecular weight is 319 g/mol. The van der Waals surface area contributed by atoms with Crippen LogP contribution in [0.15, 0.2) is 30.3 Å². The number of aryl methyl sites for hydroxylation is 1. The van der Waals surface area contributed by atoms with Gasteiger partial charge in [-0.25, -0.2) is 9.37 Å². The number of rotatable bonds is 3. The van der Waals surface area contributed by atoms with E-state index in [1.54, 1.807) is 19.1 Å². The van der Waals surface area contributed by atoms with Crippen LogP contribution in [-0.4, -0.2) is 4.98 Å². The van der Waals surface area contributed by atoms with Crippen molar-refractivity contribution in [2.24, 2.45) is 0 Å². The summed E-state index contributed by atoms with van der Waals surface area (Å²) in [5.74, 6) is -1.28. The van der Waals surface area contributed by atoms with Crippen LogP contribution in [0.3, 0.4) is 0 Å². The van der Waals surface area contributed by atoms with Crippen molar-refractivity contribution in [1.29, 1.82) is 0 Å². The summed E-state index contributed by atoms with van der Waals surface area (Å²) in [5.41, 5.74) is 0.323. The molecule has 0 saturated heterocycles. The Morgan fingerprint density at radius 2 is 1.90 bits per heavy atom. The molecule has 0 spiro atoms. The molecular formula is C14H11ClF4N2. The molecule has 2 rings (SSSR count). The summed E-state index contributed by atoms with van der Waals surface area (Å²) in [5, 5.41) is 3.28. The first-order valence-corrected chi connectivity index (χ1v) is 6.38. The summed E-state index contributed by atoms with van der Waals surface area (Å²) in [6, 6.07) is 6.16. The molecule has 0 unspecified atom stereocenters. The highest BCUT2D eigenvalue weighted by Gasteiger charge is 2.34. The number of nitrogens with one attached hydrogen (secondary N) is 1. The lowest BCUT2D eigenvalue weighted by Gasteiger charge is -2.12. The number of anilines is 1. The first-order chi connectivity index (χ1) is 9.77. The molecule has 0 atom stereocenters. The number of hydrogen-bond acceptors (Lipinski definition) is 2. The van der Waals surface area contributed by atoms with Crippen LogP contribution in [0, 0.1) is 12.7 Å². The number of nitrogens with zero attached hydrogens (tertiary/aromatic N) is 1. The second-order valence-corrected chi connectivity index (χ2v) is 4.82. The minimum Gasteiger partial charge on any atom is -0.380 e. The Hall–Kier alpha value is -1.82. The third kappa shape index (κ3) is 3.85. The molecule has 7 heteroatoms. The van der Waals surface area contributed by atoms with E-state index in [0.29, 0.717) is 22.1 Å². The summed E-state index contributed by atoms with van der Waals surface area (Å²) < 4.78 is 51.0. The Balaban J connectivity index is 2.17. The molecule has 0 amide bonds. The lowest BCUT2D eigenvalue weighted by atomic mass is 10.1. The van der Waals surface area contributed by atoms with Gasteiger partial charge < -0.3 is 5.32 Å². The Morgan fingerprint density at radius 1 is 1.19 bits per heavy atom. The Kier molecular flexibility index (Phi) is 4.37. The Bertz CT molecular complexity index is 656. The second-order valence-electron chi connectivity index (χ2n) is 4.43. The molecule has 0 radical (unpaired) electrons. The fourth-order valence-electron chi connectivity index (χ4n) is 1.81. The van der Waals surface area contributed by atoms with Gasteiger partial charge in [-0.3, -0.25) is 0 Å². The van der Waals surface area contributed by atoms with Crippen LogP contribution < -0.4 is 5.32 Å². The molecule has 21 heavy (non-hydrogen) atoms. The van der Waals surface area contributed by atoms with E-state index in [9.17, 15) is 17.6 Å². The van der Waals surface area contributed by atoms with Gasteiger partial charge in [-0.2, -0.15) is 13.2 Å². The van der Waals surface area contributed by atoms with Gasteiger partial charge in [-0.1, -0.05) is 17.7 Å². The van der Waals surface area contributed by atoms with Crippen molar-refractivity contribution in [3.8, 4) is 0 Å². The first-order valence-electron chi connectivity index (χ1n) is 6.00. The van der Waals surface area contributed by atoms with Crippen molar-refractivity contribution >= 4 is 17.3 Å². The molecule has 1 N–H and O–H groups in total. The van der Waals surface area contributed by atoms with Gasteiger partial charge in [0.15, 0.2) is 0 Å². The fraction of sp³-hybridized carbons (Fsp3) is 0.214. The number of hydrogen-bond donors (Lipinski definition) is 1.